The van der Waals surface area contributed by atoms with Crippen molar-refractivity contribution in [3.05, 3.63) is 49.8 Å². The van der Waals surface area contributed by atoms with Crippen LogP contribution in [0.2, 0.25) is 5.02 Å². The minimum atomic E-state index is -0.337. The summed E-state index contributed by atoms with van der Waals surface area (Å²) in [7, 11) is 1.52. The van der Waals surface area contributed by atoms with Gasteiger partial charge in [-0.05, 0) is 56.4 Å². The zero-order valence-electron chi connectivity index (χ0n) is 15.7. The number of carbonyl (C=O) groups is 1. The van der Waals surface area contributed by atoms with E-state index >= 15 is 0 Å². The fraction of sp³-hybridized carbons (Fsp3) is 0.350. The second-order valence-corrected chi connectivity index (χ2v) is 8.35. The molecule has 0 saturated carbocycles. The number of amides is 1. The van der Waals surface area contributed by atoms with Gasteiger partial charge >= 0.3 is 0 Å². The number of methoxy groups -OCH3 is 1. The Morgan fingerprint density at radius 2 is 2.14 bits per heavy atom. The molecular weight excluding hydrogens is 398 g/mol. The SMILES string of the molecule is COc1ccc(Cl)cc1NC(=O)Cn1c(C)nc2sc3c(c2c1=O)CCCC3. The second kappa shape index (κ2) is 7.56. The number of nitrogens with one attached hydrogen (secondary N) is 1. The number of rotatable bonds is 4. The first-order valence-electron chi connectivity index (χ1n) is 9.13. The smallest absolute Gasteiger partial charge is 0.263 e. The number of aromatic nitrogens is 2. The molecule has 1 aliphatic carbocycles. The monoisotopic (exact) mass is 417 g/mol. The normalized spacial score (nSPS) is 13.4. The van der Waals surface area contributed by atoms with Crippen molar-refractivity contribution < 1.29 is 9.53 Å². The zero-order chi connectivity index (χ0) is 19.8. The van der Waals surface area contributed by atoms with Crippen molar-refractivity contribution in [1.82, 2.24) is 9.55 Å². The average Bonchev–Trinajstić information content (AvgIpc) is 3.03. The summed E-state index contributed by atoms with van der Waals surface area (Å²) in [5.74, 6) is 0.697. The Labute approximate surface area is 171 Å². The fourth-order valence-corrected chi connectivity index (χ4v) is 5.11. The van der Waals surface area contributed by atoms with Crippen LogP contribution >= 0.6 is 22.9 Å². The topological polar surface area (TPSA) is 73.2 Å². The van der Waals surface area contributed by atoms with Crippen LogP contribution in [0.5, 0.6) is 5.75 Å². The summed E-state index contributed by atoms with van der Waals surface area (Å²) in [6, 6.07) is 4.98. The van der Waals surface area contributed by atoms with Crippen molar-refractivity contribution >= 4 is 44.7 Å². The third kappa shape index (κ3) is 3.40. The predicted molar refractivity (Wildman–Crippen MR) is 112 cm³/mol. The van der Waals surface area contributed by atoms with E-state index in [9.17, 15) is 9.59 Å². The van der Waals surface area contributed by atoms with Crippen LogP contribution in [-0.4, -0.2) is 22.6 Å². The Hall–Kier alpha value is -2.38. The number of fused-ring (bicyclic) bond motifs is 3. The van der Waals surface area contributed by atoms with Crippen LogP contribution in [0, 0.1) is 6.92 Å². The van der Waals surface area contributed by atoms with Gasteiger partial charge in [0.1, 0.15) is 22.9 Å². The van der Waals surface area contributed by atoms with E-state index in [1.54, 1.807) is 36.5 Å². The number of nitrogens with zero attached hydrogens (tertiary/aromatic N) is 2. The minimum Gasteiger partial charge on any atom is -0.495 e. The molecule has 4 rings (SSSR count). The van der Waals surface area contributed by atoms with E-state index in [2.05, 4.69) is 10.3 Å². The van der Waals surface area contributed by atoms with E-state index in [0.717, 1.165) is 36.1 Å². The van der Waals surface area contributed by atoms with Gasteiger partial charge in [-0.3, -0.25) is 14.2 Å². The highest BCUT2D eigenvalue weighted by Gasteiger charge is 2.22. The molecule has 3 aromatic rings. The van der Waals surface area contributed by atoms with Gasteiger partial charge in [-0.15, -0.1) is 11.3 Å². The molecule has 0 unspecified atom stereocenters. The molecule has 0 atom stereocenters. The van der Waals surface area contributed by atoms with Crippen molar-refractivity contribution in [2.75, 3.05) is 12.4 Å². The summed E-state index contributed by atoms with van der Waals surface area (Å²) < 4.78 is 6.70. The van der Waals surface area contributed by atoms with Crippen molar-refractivity contribution in [1.29, 1.82) is 0 Å². The maximum Gasteiger partial charge on any atom is 0.263 e. The van der Waals surface area contributed by atoms with Crippen LogP contribution in [0.4, 0.5) is 5.69 Å². The minimum absolute atomic E-state index is 0.117. The highest BCUT2D eigenvalue weighted by molar-refractivity contribution is 7.18. The number of halogens is 1. The first-order chi connectivity index (χ1) is 13.5. The molecular formula is C20H20ClN3O3S. The molecule has 0 radical (unpaired) electrons. The number of aryl methyl sites for hydroxylation is 3. The maximum absolute atomic E-state index is 13.2. The molecule has 1 N–H and O–H groups in total. The van der Waals surface area contributed by atoms with Gasteiger partial charge < -0.3 is 10.1 Å². The van der Waals surface area contributed by atoms with Crippen LogP contribution in [0.3, 0.4) is 0 Å². The number of benzene rings is 1. The molecule has 28 heavy (non-hydrogen) atoms. The van der Waals surface area contributed by atoms with E-state index in [1.165, 1.54) is 16.6 Å². The Bertz CT molecular complexity index is 1140. The summed E-state index contributed by atoms with van der Waals surface area (Å²) in [5, 5.41) is 3.94. The Morgan fingerprint density at radius 1 is 1.36 bits per heavy atom. The number of hydrogen-bond acceptors (Lipinski definition) is 5. The van der Waals surface area contributed by atoms with Gasteiger partial charge in [0.15, 0.2) is 0 Å². The van der Waals surface area contributed by atoms with E-state index in [4.69, 9.17) is 16.3 Å². The largest absolute Gasteiger partial charge is 0.495 e. The average molecular weight is 418 g/mol. The molecule has 1 amide bonds. The van der Waals surface area contributed by atoms with Crippen molar-refractivity contribution in [2.45, 2.75) is 39.2 Å². The summed E-state index contributed by atoms with van der Waals surface area (Å²) in [6.45, 7) is 1.64. The fourth-order valence-electron chi connectivity index (χ4n) is 3.64. The van der Waals surface area contributed by atoms with Gasteiger partial charge in [-0.2, -0.15) is 0 Å². The Morgan fingerprint density at radius 3 is 2.93 bits per heavy atom. The molecule has 1 aliphatic rings. The van der Waals surface area contributed by atoms with Crippen LogP contribution < -0.4 is 15.6 Å². The predicted octanol–water partition coefficient (Wildman–Crippen LogP) is 3.95. The highest BCUT2D eigenvalue weighted by atomic mass is 35.5. The van der Waals surface area contributed by atoms with E-state index < -0.39 is 0 Å². The summed E-state index contributed by atoms with van der Waals surface area (Å²) >= 11 is 7.63. The molecule has 2 heterocycles. The van der Waals surface area contributed by atoms with Gasteiger partial charge in [0.05, 0.1) is 18.2 Å². The molecule has 1 aromatic carbocycles. The van der Waals surface area contributed by atoms with Crippen molar-refractivity contribution in [3.8, 4) is 5.75 Å². The number of thiophene rings is 1. The van der Waals surface area contributed by atoms with Crippen LogP contribution in [-0.2, 0) is 24.2 Å². The van der Waals surface area contributed by atoms with E-state index in [1.807, 2.05) is 0 Å². The lowest BCUT2D eigenvalue weighted by molar-refractivity contribution is -0.116. The number of hydrogen-bond donors (Lipinski definition) is 1. The van der Waals surface area contributed by atoms with Crippen molar-refractivity contribution in [2.24, 2.45) is 0 Å². The Balaban J connectivity index is 1.67. The van der Waals surface area contributed by atoms with Crippen LogP contribution in [0.25, 0.3) is 10.2 Å². The van der Waals surface area contributed by atoms with E-state index in [0.29, 0.717) is 27.7 Å². The molecule has 6 nitrogen and oxygen atoms in total. The van der Waals surface area contributed by atoms with Crippen LogP contribution in [0.1, 0.15) is 29.1 Å². The van der Waals surface area contributed by atoms with Gasteiger partial charge in [-0.25, -0.2) is 4.98 Å². The van der Waals surface area contributed by atoms with Crippen LogP contribution in [0.15, 0.2) is 23.0 Å². The van der Waals surface area contributed by atoms with Gasteiger partial charge in [0, 0.05) is 9.90 Å². The quantitative estimate of drug-likeness (QED) is 0.697. The second-order valence-electron chi connectivity index (χ2n) is 6.83. The van der Waals surface area contributed by atoms with Crippen molar-refractivity contribution in [3.63, 3.8) is 0 Å². The lowest BCUT2D eigenvalue weighted by atomic mass is 9.97. The lowest BCUT2D eigenvalue weighted by Crippen LogP contribution is -2.30. The standard InChI is InChI=1S/C20H20ClN3O3S/c1-11-22-19-18(13-5-3-4-6-16(13)28-19)20(26)24(11)10-17(25)23-14-9-12(21)7-8-15(14)27-2/h7-9H,3-6,10H2,1-2H3,(H,23,25). The highest BCUT2D eigenvalue weighted by Crippen LogP contribution is 2.33. The molecule has 0 bridgehead atoms. The zero-order valence-corrected chi connectivity index (χ0v) is 17.2. The summed E-state index contributed by atoms with van der Waals surface area (Å²) in [5.41, 5.74) is 1.44. The summed E-state index contributed by atoms with van der Waals surface area (Å²) in [4.78, 5) is 32.4. The van der Waals surface area contributed by atoms with E-state index in [-0.39, 0.29) is 18.0 Å². The number of anilines is 1. The third-order valence-electron chi connectivity index (χ3n) is 5.00. The van der Waals surface area contributed by atoms with Gasteiger partial charge in [0.25, 0.3) is 5.56 Å². The molecule has 0 saturated heterocycles. The first-order valence-corrected chi connectivity index (χ1v) is 10.3. The lowest BCUT2D eigenvalue weighted by Gasteiger charge is -2.13. The molecule has 0 fully saturated rings. The van der Waals surface area contributed by atoms with Gasteiger partial charge in [-0.1, -0.05) is 11.6 Å². The molecule has 146 valence electrons. The number of carbonyl (C=O) groups excluding carboxylic acids is 1. The van der Waals surface area contributed by atoms with Gasteiger partial charge in [0.2, 0.25) is 5.91 Å². The molecule has 0 aliphatic heterocycles. The molecule has 2 aromatic heterocycles. The Kier molecular flexibility index (Phi) is 5.12. The third-order valence-corrected chi connectivity index (χ3v) is 6.42. The first kappa shape index (κ1) is 19.0. The molecule has 8 heteroatoms. The maximum atomic E-state index is 13.2. The molecule has 0 spiro atoms. The number of ether oxygens (including phenoxy) is 1. The summed E-state index contributed by atoms with van der Waals surface area (Å²) in [6.07, 6.45) is 4.14.